The molecule has 2 aromatic carbocycles. The van der Waals surface area contributed by atoms with Gasteiger partial charge in [-0.15, -0.1) is 0 Å². The first-order valence-corrected chi connectivity index (χ1v) is 11.5. The van der Waals surface area contributed by atoms with Crippen molar-refractivity contribution in [3.05, 3.63) is 71.4 Å². The number of carbonyl (C=O) groups excluding carboxylic acids is 1. The zero-order valence-corrected chi connectivity index (χ0v) is 18.0. The highest BCUT2D eigenvalue weighted by molar-refractivity contribution is 6.00. The van der Waals surface area contributed by atoms with E-state index >= 15 is 0 Å². The molecule has 0 saturated heterocycles. The minimum atomic E-state index is -0.125. The van der Waals surface area contributed by atoms with Crippen molar-refractivity contribution in [1.29, 1.82) is 0 Å². The van der Waals surface area contributed by atoms with E-state index in [0.717, 1.165) is 47.4 Å². The normalized spacial score (nSPS) is 18.9. The molecule has 1 atom stereocenters. The predicted molar refractivity (Wildman–Crippen MR) is 121 cm³/mol. The molecule has 1 fully saturated rings. The number of nitrogens with zero attached hydrogens (tertiary/aromatic N) is 2. The van der Waals surface area contributed by atoms with E-state index in [1.807, 2.05) is 30.3 Å². The number of carbonyl (C=O) groups is 1. The fourth-order valence-electron chi connectivity index (χ4n) is 5.01. The highest BCUT2D eigenvalue weighted by Crippen LogP contribution is 2.45. The van der Waals surface area contributed by atoms with E-state index in [4.69, 9.17) is 4.74 Å². The zero-order chi connectivity index (χ0) is 21.2. The fourth-order valence-corrected chi connectivity index (χ4v) is 5.01. The molecule has 0 spiro atoms. The first-order chi connectivity index (χ1) is 15.3. The van der Waals surface area contributed by atoms with Crippen LogP contribution in [-0.4, -0.2) is 33.7 Å². The SMILES string of the molecule is CCCOc1ccc(C2c3c(-c4ccccc4)n[nH]c3C(=O)N2C2CCCCC2)cc1. The summed E-state index contributed by atoms with van der Waals surface area (Å²) in [5.74, 6) is 0.947. The largest absolute Gasteiger partial charge is 0.494 e. The van der Waals surface area contributed by atoms with Crippen molar-refractivity contribution in [1.82, 2.24) is 15.1 Å². The summed E-state index contributed by atoms with van der Waals surface area (Å²) in [7, 11) is 0. The van der Waals surface area contributed by atoms with Crippen LogP contribution in [0, 0.1) is 0 Å². The summed E-state index contributed by atoms with van der Waals surface area (Å²) in [6.45, 7) is 2.81. The summed E-state index contributed by atoms with van der Waals surface area (Å²) >= 11 is 0. The number of hydrogen-bond donors (Lipinski definition) is 1. The summed E-state index contributed by atoms with van der Waals surface area (Å²) in [6.07, 6.45) is 6.74. The van der Waals surface area contributed by atoms with E-state index in [1.165, 1.54) is 19.3 Å². The van der Waals surface area contributed by atoms with Crippen molar-refractivity contribution >= 4 is 5.91 Å². The Morgan fingerprint density at radius 2 is 1.77 bits per heavy atom. The predicted octanol–water partition coefficient (Wildman–Crippen LogP) is 5.74. The van der Waals surface area contributed by atoms with E-state index in [2.05, 4.69) is 46.3 Å². The summed E-state index contributed by atoms with van der Waals surface area (Å²) in [5.41, 5.74) is 4.66. The number of H-pyrrole nitrogens is 1. The smallest absolute Gasteiger partial charge is 0.273 e. The second-order valence-corrected chi connectivity index (χ2v) is 8.55. The van der Waals surface area contributed by atoms with E-state index < -0.39 is 0 Å². The average Bonchev–Trinajstić information content (AvgIpc) is 3.38. The van der Waals surface area contributed by atoms with Crippen LogP contribution >= 0.6 is 0 Å². The number of aromatic nitrogens is 2. The number of aromatic amines is 1. The first-order valence-electron chi connectivity index (χ1n) is 11.5. The molecular formula is C26H29N3O2. The van der Waals surface area contributed by atoms with Crippen LogP contribution in [0.15, 0.2) is 54.6 Å². The van der Waals surface area contributed by atoms with Gasteiger partial charge in [-0.2, -0.15) is 5.10 Å². The summed E-state index contributed by atoms with van der Waals surface area (Å²) in [6, 6.07) is 18.6. The highest BCUT2D eigenvalue weighted by Gasteiger charge is 2.45. The van der Waals surface area contributed by atoms with Gasteiger partial charge < -0.3 is 9.64 Å². The van der Waals surface area contributed by atoms with Gasteiger partial charge in [0.2, 0.25) is 0 Å². The van der Waals surface area contributed by atoms with Gasteiger partial charge in [-0.3, -0.25) is 9.89 Å². The summed E-state index contributed by atoms with van der Waals surface area (Å²) < 4.78 is 5.79. The number of nitrogens with one attached hydrogen (secondary N) is 1. The van der Waals surface area contributed by atoms with E-state index in [1.54, 1.807) is 0 Å². The monoisotopic (exact) mass is 415 g/mol. The molecule has 5 heteroatoms. The van der Waals surface area contributed by atoms with Crippen molar-refractivity contribution in [2.45, 2.75) is 57.5 Å². The molecule has 0 radical (unpaired) electrons. The minimum Gasteiger partial charge on any atom is -0.494 e. The fraction of sp³-hybridized carbons (Fsp3) is 0.385. The number of benzene rings is 2. The Hall–Kier alpha value is -3.08. The Kier molecular flexibility index (Phi) is 5.49. The molecule has 5 nitrogen and oxygen atoms in total. The van der Waals surface area contributed by atoms with Gasteiger partial charge in [-0.1, -0.05) is 68.7 Å². The van der Waals surface area contributed by atoms with Crippen molar-refractivity contribution < 1.29 is 9.53 Å². The van der Waals surface area contributed by atoms with E-state index in [9.17, 15) is 4.79 Å². The molecule has 1 aromatic heterocycles. The van der Waals surface area contributed by atoms with Gasteiger partial charge in [0.25, 0.3) is 5.91 Å². The van der Waals surface area contributed by atoms with Crippen LogP contribution in [0.2, 0.25) is 0 Å². The third-order valence-electron chi connectivity index (χ3n) is 6.49. The van der Waals surface area contributed by atoms with Crippen LogP contribution in [-0.2, 0) is 0 Å². The lowest BCUT2D eigenvalue weighted by atomic mass is 9.91. The molecule has 1 amide bonds. The maximum absolute atomic E-state index is 13.6. The standard InChI is InChI=1S/C26H29N3O2/c1-2-17-31-21-15-13-19(14-16-21)25-22-23(18-9-5-3-6-10-18)27-28-24(22)26(30)29(25)20-11-7-4-8-12-20/h3,5-6,9-10,13-16,20,25H,2,4,7-8,11-12,17H2,1H3,(H,27,28). The molecular weight excluding hydrogens is 386 g/mol. The topological polar surface area (TPSA) is 58.2 Å². The van der Waals surface area contributed by atoms with Crippen molar-refractivity contribution in [3.8, 4) is 17.0 Å². The Morgan fingerprint density at radius 1 is 1.03 bits per heavy atom. The average molecular weight is 416 g/mol. The molecule has 0 bridgehead atoms. The lowest BCUT2D eigenvalue weighted by Crippen LogP contribution is -2.40. The number of rotatable bonds is 6. The van der Waals surface area contributed by atoms with Crippen LogP contribution in [0.1, 0.15) is 73.1 Å². The second-order valence-electron chi connectivity index (χ2n) is 8.55. The molecule has 160 valence electrons. The molecule has 2 heterocycles. The third kappa shape index (κ3) is 3.62. The second kappa shape index (κ2) is 8.58. The maximum atomic E-state index is 13.6. The molecule has 31 heavy (non-hydrogen) atoms. The summed E-state index contributed by atoms with van der Waals surface area (Å²) in [5, 5.41) is 7.65. The molecule has 1 aliphatic carbocycles. The Bertz CT molecular complexity index is 1040. The van der Waals surface area contributed by atoms with Crippen molar-refractivity contribution in [3.63, 3.8) is 0 Å². The Labute approximate surface area is 183 Å². The van der Waals surface area contributed by atoms with Gasteiger partial charge in [0.1, 0.15) is 11.4 Å². The van der Waals surface area contributed by atoms with Gasteiger partial charge in [-0.05, 0) is 37.0 Å². The lowest BCUT2D eigenvalue weighted by molar-refractivity contribution is 0.0606. The quantitative estimate of drug-likeness (QED) is 0.558. The van der Waals surface area contributed by atoms with Gasteiger partial charge in [0, 0.05) is 17.2 Å². The molecule has 2 aliphatic rings. The molecule has 1 aliphatic heterocycles. The van der Waals surface area contributed by atoms with Gasteiger partial charge in [0.15, 0.2) is 0 Å². The van der Waals surface area contributed by atoms with Gasteiger partial charge in [-0.25, -0.2) is 0 Å². The third-order valence-corrected chi connectivity index (χ3v) is 6.49. The number of hydrogen-bond acceptors (Lipinski definition) is 3. The Morgan fingerprint density at radius 3 is 2.48 bits per heavy atom. The van der Waals surface area contributed by atoms with Crippen molar-refractivity contribution in [2.75, 3.05) is 6.61 Å². The first kappa shape index (κ1) is 19.9. The lowest BCUT2D eigenvalue weighted by Gasteiger charge is -2.36. The number of fused-ring (bicyclic) bond motifs is 1. The molecule has 1 saturated carbocycles. The van der Waals surface area contributed by atoms with Crippen LogP contribution in [0.5, 0.6) is 5.75 Å². The number of amides is 1. The van der Waals surface area contributed by atoms with E-state index in [-0.39, 0.29) is 18.0 Å². The molecule has 1 N–H and O–H groups in total. The highest BCUT2D eigenvalue weighted by atomic mass is 16.5. The van der Waals surface area contributed by atoms with Crippen LogP contribution in [0.3, 0.4) is 0 Å². The van der Waals surface area contributed by atoms with Gasteiger partial charge in [0.05, 0.1) is 18.3 Å². The molecule has 1 unspecified atom stereocenters. The Balaban J connectivity index is 1.58. The van der Waals surface area contributed by atoms with Gasteiger partial charge >= 0.3 is 0 Å². The number of ether oxygens (including phenoxy) is 1. The zero-order valence-electron chi connectivity index (χ0n) is 18.0. The van der Waals surface area contributed by atoms with Crippen LogP contribution < -0.4 is 4.74 Å². The van der Waals surface area contributed by atoms with Crippen LogP contribution in [0.25, 0.3) is 11.3 Å². The minimum absolute atomic E-state index is 0.0768. The van der Waals surface area contributed by atoms with Crippen LogP contribution in [0.4, 0.5) is 0 Å². The molecule has 5 rings (SSSR count). The van der Waals surface area contributed by atoms with E-state index in [0.29, 0.717) is 12.3 Å². The molecule has 3 aromatic rings. The maximum Gasteiger partial charge on any atom is 0.273 e. The van der Waals surface area contributed by atoms with Crippen molar-refractivity contribution in [2.24, 2.45) is 0 Å². The summed E-state index contributed by atoms with van der Waals surface area (Å²) in [4.78, 5) is 15.7.